The van der Waals surface area contributed by atoms with Crippen LogP contribution < -0.4 is 10.7 Å². The van der Waals surface area contributed by atoms with E-state index in [4.69, 9.17) is 35.4 Å². The third kappa shape index (κ3) is 4.47. The van der Waals surface area contributed by atoms with Crippen molar-refractivity contribution in [2.24, 2.45) is 0 Å². The van der Waals surface area contributed by atoms with E-state index < -0.39 is 0 Å². The molecule has 7 heteroatoms. The summed E-state index contributed by atoms with van der Waals surface area (Å²) < 4.78 is 0. The van der Waals surface area contributed by atoms with Crippen LogP contribution in [-0.2, 0) is 0 Å². The van der Waals surface area contributed by atoms with Gasteiger partial charge in [0.2, 0.25) is 0 Å². The Morgan fingerprint density at radius 1 is 1.21 bits per heavy atom. The van der Waals surface area contributed by atoms with Crippen LogP contribution in [0.5, 0.6) is 0 Å². The summed E-state index contributed by atoms with van der Waals surface area (Å²) in [6, 6.07) is 5.26. The summed E-state index contributed by atoms with van der Waals surface area (Å²) >= 11 is 17.2. The Kier molecular flexibility index (Phi) is 5.24. The molecule has 0 spiro atoms. The highest BCUT2D eigenvalue weighted by Crippen LogP contribution is 2.25. The van der Waals surface area contributed by atoms with Gasteiger partial charge in [-0.2, -0.15) is 0 Å². The van der Waals surface area contributed by atoms with Crippen molar-refractivity contribution in [3.63, 3.8) is 0 Å². The number of hydrogen-bond acceptors (Lipinski definition) is 3. The van der Waals surface area contributed by atoms with E-state index in [2.05, 4.69) is 27.7 Å². The lowest BCUT2D eigenvalue weighted by Crippen LogP contribution is -2.53. The predicted molar refractivity (Wildman–Crippen MR) is 84.9 cm³/mol. The van der Waals surface area contributed by atoms with Gasteiger partial charge in [0.25, 0.3) is 0 Å². The minimum Gasteiger partial charge on any atom is -0.330 e. The number of rotatable bonds is 2. The minimum atomic E-state index is 0.536. The average molecular weight is 319 g/mol. The molecular formula is C12H16Cl2N4S. The average Bonchev–Trinajstić information content (AvgIpc) is 2.36. The molecule has 0 unspecified atom stereocenters. The molecule has 4 nitrogen and oxygen atoms in total. The number of thiocarbonyl (C=S) groups is 1. The Balaban J connectivity index is 1.87. The molecular weight excluding hydrogens is 303 g/mol. The number of benzene rings is 1. The van der Waals surface area contributed by atoms with Crippen molar-refractivity contribution in [1.82, 2.24) is 15.3 Å². The summed E-state index contributed by atoms with van der Waals surface area (Å²) in [6.07, 6.45) is 0. The van der Waals surface area contributed by atoms with Gasteiger partial charge < -0.3 is 10.2 Å². The first kappa shape index (κ1) is 14.8. The molecule has 0 aromatic heterocycles. The van der Waals surface area contributed by atoms with E-state index in [0.29, 0.717) is 15.2 Å². The zero-order valence-electron chi connectivity index (χ0n) is 10.6. The lowest BCUT2D eigenvalue weighted by molar-refractivity contribution is 0.131. The molecule has 0 amide bonds. The van der Waals surface area contributed by atoms with E-state index in [0.717, 1.165) is 31.9 Å². The molecule has 1 fully saturated rings. The lowest BCUT2D eigenvalue weighted by Gasteiger charge is -2.33. The first-order chi connectivity index (χ1) is 9.04. The second-order valence-electron chi connectivity index (χ2n) is 4.48. The quantitative estimate of drug-likeness (QED) is 0.818. The molecule has 0 atom stereocenters. The largest absolute Gasteiger partial charge is 0.330 e. The van der Waals surface area contributed by atoms with Gasteiger partial charge in [-0.25, -0.2) is 5.01 Å². The highest BCUT2D eigenvalue weighted by atomic mass is 35.5. The topological polar surface area (TPSA) is 30.5 Å². The van der Waals surface area contributed by atoms with Crippen LogP contribution in [0.2, 0.25) is 10.0 Å². The third-order valence-corrected chi connectivity index (χ3v) is 3.68. The minimum absolute atomic E-state index is 0.536. The smallest absolute Gasteiger partial charge is 0.185 e. The Labute approximate surface area is 128 Å². The van der Waals surface area contributed by atoms with Crippen molar-refractivity contribution in [2.45, 2.75) is 0 Å². The number of nitrogens with one attached hydrogen (secondary N) is 2. The van der Waals surface area contributed by atoms with Gasteiger partial charge in [0, 0.05) is 31.2 Å². The van der Waals surface area contributed by atoms with Crippen molar-refractivity contribution in [1.29, 1.82) is 0 Å². The molecule has 2 rings (SSSR count). The van der Waals surface area contributed by atoms with Gasteiger partial charge >= 0.3 is 0 Å². The fourth-order valence-electron chi connectivity index (χ4n) is 1.80. The van der Waals surface area contributed by atoms with Gasteiger partial charge in [-0.05, 0) is 37.5 Å². The molecule has 1 saturated heterocycles. The highest BCUT2D eigenvalue weighted by Gasteiger charge is 2.14. The van der Waals surface area contributed by atoms with Crippen LogP contribution in [0, 0.1) is 0 Å². The second-order valence-corrected chi connectivity index (χ2v) is 5.73. The fourth-order valence-corrected chi connectivity index (χ4v) is 2.50. The number of anilines is 1. The van der Waals surface area contributed by atoms with Crippen molar-refractivity contribution >= 4 is 46.2 Å². The van der Waals surface area contributed by atoms with Gasteiger partial charge in [0.15, 0.2) is 5.11 Å². The molecule has 1 heterocycles. The molecule has 1 aromatic carbocycles. The monoisotopic (exact) mass is 318 g/mol. The molecule has 0 radical (unpaired) electrons. The van der Waals surface area contributed by atoms with E-state index in [1.54, 1.807) is 12.1 Å². The summed E-state index contributed by atoms with van der Waals surface area (Å²) in [4.78, 5) is 2.28. The Bertz CT molecular complexity index is 461. The molecule has 0 aliphatic carbocycles. The van der Waals surface area contributed by atoms with Gasteiger partial charge in [-0.15, -0.1) is 0 Å². The van der Waals surface area contributed by atoms with Crippen molar-refractivity contribution in [2.75, 3.05) is 38.5 Å². The van der Waals surface area contributed by atoms with Crippen LogP contribution in [0.4, 0.5) is 5.69 Å². The molecule has 1 aliphatic heterocycles. The van der Waals surface area contributed by atoms with Crippen LogP contribution in [-0.4, -0.2) is 48.2 Å². The molecule has 1 aliphatic rings. The van der Waals surface area contributed by atoms with Crippen LogP contribution >= 0.6 is 35.4 Å². The maximum atomic E-state index is 6.08. The van der Waals surface area contributed by atoms with Crippen LogP contribution in [0.15, 0.2) is 18.2 Å². The van der Waals surface area contributed by atoms with E-state index in [1.165, 1.54) is 0 Å². The van der Waals surface area contributed by atoms with Gasteiger partial charge in [0.05, 0.1) is 10.7 Å². The zero-order chi connectivity index (χ0) is 13.8. The van der Waals surface area contributed by atoms with Crippen LogP contribution in [0.1, 0.15) is 0 Å². The highest BCUT2D eigenvalue weighted by molar-refractivity contribution is 7.80. The number of piperazine rings is 1. The molecule has 0 saturated carbocycles. The molecule has 1 aromatic rings. The normalized spacial score (nSPS) is 17.2. The third-order valence-electron chi connectivity index (χ3n) is 2.94. The number of nitrogens with zero attached hydrogens (tertiary/aromatic N) is 2. The van der Waals surface area contributed by atoms with Crippen LogP contribution in [0.3, 0.4) is 0 Å². The number of hydrogen-bond donors (Lipinski definition) is 2. The summed E-state index contributed by atoms with van der Waals surface area (Å²) in [5, 5.41) is 6.86. The molecule has 104 valence electrons. The summed E-state index contributed by atoms with van der Waals surface area (Å²) in [5.74, 6) is 0. The van der Waals surface area contributed by atoms with E-state index in [-0.39, 0.29) is 0 Å². The van der Waals surface area contributed by atoms with Crippen molar-refractivity contribution < 1.29 is 0 Å². The van der Waals surface area contributed by atoms with E-state index in [1.807, 2.05) is 6.07 Å². The predicted octanol–water partition coefficient (Wildman–Crippen LogP) is 2.44. The summed E-state index contributed by atoms with van der Waals surface area (Å²) in [5.41, 5.74) is 3.91. The Morgan fingerprint density at radius 2 is 1.89 bits per heavy atom. The maximum absolute atomic E-state index is 6.08. The van der Waals surface area contributed by atoms with E-state index in [9.17, 15) is 0 Å². The summed E-state index contributed by atoms with van der Waals surface area (Å²) in [6.45, 7) is 3.92. The summed E-state index contributed by atoms with van der Waals surface area (Å²) in [7, 11) is 2.11. The fraction of sp³-hybridized carbons (Fsp3) is 0.417. The van der Waals surface area contributed by atoms with Gasteiger partial charge in [0.1, 0.15) is 0 Å². The molecule has 2 N–H and O–H groups in total. The standard InChI is InChI=1S/C12H16Cl2N4S/c1-17-4-6-18(7-5-17)16-12(19)15-11-3-2-9(13)8-10(11)14/h2-3,8H,4-7H2,1H3,(H2,15,16,19). The zero-order valence-corrected chi connectivity index (χ0v) is 12.9. The second kappa shape index (κ2) is 6.72. The SMILES string of the molecule is CN1CCN(NC(=S)Nc2ccc(Cl)cc2Cl)CC1. The number of hydrazine groups is 1. The van der Waals surface area contributed by atoms with Gasteiger partial charge in [-0.1, -0.05) is 23.2 Å². The first-order valence-corrected chi connectivity index (χ1v) is 7.17. The maximum Gasteiger partial charge on any atom is 0.185 e. The number of likely N-dealkylation sites (N-methyl/N-ethyl adjacent to an activating group) is 1. The van der Waals surface area contributed by atoms with Crippen molar-refractivity contribution in [3.8, 4) is 0 Å². The number of halogens is 2. The lowest BCUT2D eigenvalue weighted by atomic mass is 10.3. The molecule has 0 bridgehead atoms. The van der Waals surface area contributed by atoms with Gasteiger partial charge in [-0.3, -0.25) is 5.43 Å². The van der Waals surface area contributed by atoms with E-state index >= 15 is 0 Å². The van der Waals surface area contributed by atoms with Crippen molar-refractivity contribution in [3.05, 3.63) is 28.2 Å². The Hall–Kier alpha value is -0.590. The Morgan fingerprint density at radius 3 is 2.53 bits per heavy atom. The molecule has 19 heavy (non-hydrogen) atoms. The van der Waals surface area contributed by atoms with Crippen LogP contribution in [0.25, 0.3) is 0 Å². The first-order valence-electron chi connectivity index (χ1n) is 6.01.